The Balaban J connectivity index is 1.84. The zero-order valence-corrected chi connectivity index (χ0v) is 14.1. The van der Waals surface area contributed by atoms with Crippen LogP contribution in [0.1, 0.15) is 12.0 Å². The van der Waals surface area contributed by atoms with Crippen LogP contribution in [0.2, 0.25) is 0 Å². The molecule has 0 spiro atoms. The number of hydrogen-bond acceptors (Lipinski definition) is 5. The number of benzene rings is 1. The average Bonchev–Trinajstić information content (AvgIpc) is 2.83. The minimum atomic E-state index is 0.995. The summed E-state index contributed by atoms with van der Waals surface area (Å²) in [6.07, 6.45) is 2.85. The van der Waals surface area contributed by atoms with Crippen LogP contribution in [0.3, 0.4) is 0 Å². The van der Waals surface area contributed by atoms with E-state index in [2.05, 4.69) is 56.8 Å². The Morgan fingerprint density at radius 2 is 1.96 bits per heavy atom. The van der Waals surface area contributed by atoms with Crippen molar-refractivity contribution in [2.75, 3.05) is 31.1 Å². The molecule has 4 rings (SSSR count). The molecule has 1 fully saturated rings. The topological polar surface area (TPSA) is 41.1 Å². The number of aromatic nitrogens is 2. The molecule has 3 heterocycles. The third-order valence-electron chi connectivity index (χ3n) is 4.35. The second-order valence-corrected chi connectivity index (χ2v) is 6.84. The Hall–Kier alpha value is -1.98. The number of hydrogen-bond donors (Lipinski definition) is 1. The fourth-order valence-electron chi connectivity index (χ4n) is 3.10. The van der Waals surface area contributed by atoms with Crippen molar-refractivity contribution in [1.82, 2.24) is 15.3 Å². The molecular formula is C18H20N4S. The second-order valence-electron chi connectivity index (χ2n) is 5.98. The Labute approximate surface area is 140 Å². The van der Waals surface area contributed by atoms with Gasteiger partial charge in [0.05, 0.1) is 5.39 Å². The number of aryl methyl sites for hydroxylation is 1. The van der Waals surface area contributed by atoms with E-state index in [1.54, 1.807) is 17.7 Å². The van der Waals surface area contributed by atoms with Crippen molar-refractivity contribution in [1.29, 1.82) is 0 Å². The summed E-state index contributed by atoms with van der Waals surface area (Å²) in [5.74, 6) is 1.08. The summed E-state index contributed by atoms with van der Waals surface area (Å²) < 4.78 is 0. The molecule has 1 N–H and O–H groups in total. The number of nitrogens with zero attached hydrogens (tertiary/aromatic N) is 3. The minimum Gasteiger partial charge on any atom is -0.355 e. The first-order chi connectivity index (χ1) is 11.3. The van der Waals surface area contributed by atoms with Gasteiger partial charge in [0, 0.05) is 30.6 Å². The lowest BCUT2D eigenvalue weighted by atomic mass is 10.0. The van der Waals surface area contributed by atoms with Crippen molar-refractivity contribution in [3.8, 4) is 11.1 Å². The normalized spacial score (nSPS) is 15.8. The molecule has 118 valence electrons. The molecular weight excluding hydrogens is 304 g/mol. The van der Waals surface area contributed by atoms with Gasteiger partial charge >= 0.3 is 0 Å². The molecule has 0 amide bonds. The predicted octanol–water partition coefficient (Wildman–Crippen LogP) is 3.47. The van der Waals surface area contributed by atoms with E-state index in [4.69, 9.17) is 0 Å². The summed E-state index contributed by atoms with van der Waals surface area (Å²) >= 11 is 1.70. The summed E-state index contributed by atoms with van der Waals surface area (Å²) in [5, 5.41) is 6.87. The number of rotatable bonds is 2. The number of nitrogens with one attached hydrogen (secondary N) is 1. The Morgan fingerprint density at radius 1 is 1.09 bits per heavy atom. The van der Waals surface area contributed by atoms with Crippen LogP contribution in [0, 0.1) is 6.92 Å². The summed E-state index contributed by atoms with van der Waals surface area (Å²) in [6, 6.07) is 8.71. The molecule has 1 aromatic carbocycles. The van der Waals surface area contributed by atoms with Gasteiger partial charge in [0.2, 0.25) is 0 Å². The number of thiophene rings is 1. The van der Waals surface area contributed by atoms with E-state index >= 15 is 0 Å². The van der Waals surface area contributed by atoms with Gasteiger partial charge in [-0.05, 0) is 25.5 Å². The standard InChI is InChI=1S/C18H20N4S/c1-13-3-5-14(6-4-13)15-11-23-18-16(15)17(20-12-21-18)22-9-2-7-19-8-10-22/h3-6,11-12,19H,2,7-10H2,1H3. The van der Waals surface area contributed by atoms with Gasteiger partial charge < -0.3 is 10.2 Å². The van der Waals surface area contributed by atoms with Crippen LogP contribution in [0.25, 0.3) is 21.3 Å². The molecule has 0 atom stereocenters. The fraction of sp³-hybridized carbons (Fsp3) is 0.333. The fourth-order valence-corrected chi connectivity index (χ4v) is 4.01. The van der Waals surface area contributed by atoms with Crippen molar-refractivity contribution in [2.24, 2.45) is 0 Å². The second kappa shape index (κ2) is 6.26. The van der Waals surface area contributed by atoms with Crippen LogP contribution in [0.4, 0.5) is 5.82 Å². The highest BCUT2D eigenvalue weighted by atomic mass is 32.1. The molecule has 5 heteroatoms. The smallest absolute Gasteiger partial charge is 0.141 e. The van der Waals surface area contributed by atoms with E-state index < -0.39 is 0 Å². The zero-order chi connectivity index (χ0) is 15.6. The molecule has 1 aliphatic rings. The number of fused-ring (bicyclic) bond motifs is 1. The van der Waals surface area contributed by atoms with Crippen LogP contribution in [0.5, 0.6) is 0 Å². The van der Waals surface area contributed by atoms with Crippen LogP contribution in [-0.2, 0) is 0 Å². The number of anilines is 1. The minimum absolute atomic E-state index is 0.995. The first kappa shape index (κ1) is 14.6. The first-order valence-corrected chi connectivity index (χ1v) is 8.96. The molecule has 0 saturated carbocycles. The van der Waals surface area contributed by atoms with Gasteiger partial charge in [-0.15, -0.1) is 11.3 Å². The van der Waals surface area contributed by atoms with Gasteiger partial charge in [-0.1, -0.05) is 29.8 Å². The van der Waals surface area contributed by atoms with E-state index in [-0.39, 0.29) is 0 Å². The van der Waals surface area contributed by atoms with E-state index in [1.807, 2.05) is 0 Å². The quantitative estimate of drug-likeness (QED) is 0.784. The van der Waals surface area contributed by atoms with Crippen LogP contribution < -0.4 is 10.2 Å². The monoisotopic (exact) mass is 324 g/mol. The van der Waals surface area contributed by atoms with Gasteiger partial charge in [0.25, 0.3) is 0 Å². The molecule has 3 aromatic rings. The third kappa shape index (κ3) is 2.82. The molecule has 4 nitrogen and oxygen atoms in total. The molecule has 0 radical (unpaired) electrons. The van der Waals surface area contributed by atoms with Crippen molar-refractivity contribution in [2.45, 2.75) is 13.3 Å². The summed E-state index contributed by atoms with van der Waals surface area (Å²) in [7, 11) is 0. The first-order valence-electron chi connectivity index (χ1n) is 8.08. The Bertz CT molecular complexity index is 802. The highest BCUT2D eigenvalue weighted by Crippen LogP contribution is 2.37. The van der Waals surface area contributed by atoms with Gasteiger partial charge in [0.1, 0.15) is 17.0 Å². The van der Waals surface area contributed by atoms with Crippen LogP contribution in [-0.4, -0.2) is 36.1 Å². The van der Waals surface area contributed by atoms with Crippen molar-refractivity contribution in [3.05, 3.63) is 41.5 Å². The van der Waals surface area contributed by atoms with Gasteiger partial charge in [-0.25, -0.2) is 9.97 Å². The van der Waals surface area contributed by atoms with Crippen molar-refractivity contribution >= 4 is 27.4 Å². The largest absolute Gasteiger partial charge is 0.355 e. The molecule has 2 aromatic heterocycles. The lowest BCUT2D eigenvalue weighted by Crippen LogP contribution is -2.28. The maximum absolute atomic E-state index is 4.64. The molecule has 0 aliphatic carbocycles. The highest BCUT2D eigenvalue weighted by Gasteiger charge is 2.18. The van der Waals surface area contributed by atoms with Crippen molar-refractivity contribution in [3.63, 3.8) is 0 Å². The van der Waals surface area contributed by atoms with Gasteiger partial charge in [0.15, 0.2) is 0 Å². The van der Waals surface area contributed by atoms with E-state index in [9.17, 15) is 0 Å². The molecule has 1 saturated heterocycles. The van der Waals surface area contributed by atoms with Gasteiger partial charge in [-0.3, -0.25) is 0 Å². The van der Waals surface area contributed by atoms with E-state index in [1.165, 1.54) is 22.1 Å². The average molecular weight is 324 g/mol. The molecule has 23 heavy (non-hydrogen) atoms. The molecule has 0 bridgehead atoms. The van der Waals surface area contributed by atoms with Crippen LogP contribution >= 0.6 is 11.3 Å². The SMILES string of the molecule is Cc1ccc(-c2csc3ncnc(N4CCCNCC4)c23)cc1. The summed E-state index contributed by atoms with van der Waals surface area (Å²) in [5.41, 5.74) is 3.77. The van der Waals surface area contributed by atoms with E-state index in [0.29, 0.717) is 0 Å². The van der Waals surface area contributed by atoms with Gasteiger partial charge in [-0.2, -0.15) is 0 Å². The maximum Gasteiger partial charge on any atom is 0.141 e. The highest BCUT2D eigenvalue weighted by molar-refractivity contribution is 7.17. The predicted molar refractivity (Wildman–Crippen MR) is 97.3 cm³/mol. The Kier molecular flexibility index (Phi) is 3.97. The van der Waals surface area contributed by atoms with Crippen LogP contribution in [0.15, 0.2) is 36.0 Å². The Morgan fingerprint density at radius 3 is 2.83 bits per heavy atom. The van der Waals surface area contributed by atoms with E-state index in [0.717, 1.165) is 43.2 Å². The molecule has 0 unspecified atom stereocenters. The molecule has 1 aliphatic heterocycles. The lowest BCUT2D eigenvalue weighted by molar-refractivity contribution is 0.724. The third-order valence-corrected chi connectivity index (χ3v) is 5.24. The zero-order valence-electron chi connectivity index (χ0n) is 13.2. The van der Waals surface area contributed by atoms with Crippen molar-refractivity contribution < 1.29 is 0 Å². The summed E-state index contributed by atoms with van der Waals surface area (Å²) in [4.78, 5) is 12.6. The lowest BCUT2D eigenvalue weighted by Gasteiger charge is -2.22. The maximum atomic E-state index is 4.64. The summed E-state index contributed by atoms with van der Waals surface area (Å²) in [6.45, 7) is 6.25.